The van der Waals surface area contributed by atoms with E-state index in [2.05, 4.69) is 53.5 Å². The van der Waals surface area contributed by atoms with Crippen molar-refractivity contribution in [1.82, 2.24) is 10.2 Å². The molecule has 0 saturated carbocycles. The molecule has 0 aromatic heterocycles. The molecule has 2 unspecified atom stereocenters. The number of hydrogen-bond donors (Lipinski definition) is 2. The van der Waals surface area contributed by atoms with E-state index in [1.807, 2.05) is 24.3 Å². The van der Waals surface area contributed by atoms with Gasteiger partial charge in [-0.25, -0.2) is 0 Å². The third-order valence-corrected chi connectivity index (χ3v) is 7.83. The lowest BCUT2D eigenvalue weighted by atomic mass is 9.93. The lowest BCUT2D eigenvalue weighted by molar-refractivity contribution is -0.136. The van der Waals surface area contributed by atoms with Crippen LogP contribution in [0, 0.1) is 6.92 Å². The first-order chi connectivity index (χ1) is 18.7. The molecular formula is C32H30Cl2N2O3. The molecule has 1 heterocycles. The Kier molecular flexibility index (Phi) is 8.22. The Labute approximate surface area is 238 Å². The minimum atomic E-state index is -0.939. The van der Waals surface area contributed by atoms with Gasteiger partial charge >= 0.3 is 5.97 Å². The van der Waals surface area contributed by atoms with E-state index < -0.39 is 5.97 Å². The van der Waals surface area contributed by atoms with Gasteiger partial charge in [-0.05, 0) is 83.1 Å². The van der Waals surface area contributed by atoms with Gasteiger partial charge < -0.3 is 10.4 Å². The first-order valence-electron chi connectivity index (χ1n) is 13.0. The Bertz CT molecular complexity index is 1500. The standard InChI is InChI=1S/C32H30Cl2N2O3/c1-20-2-5-24-13-25(9-8-23(24)12-20)30-16-27(26-14-28(33)17-29(34)15-26)19-36(30)18-21-3-6-22(7-4-21)32(39)35-11-10-31(37)38/h2-9,12-15,17,27,30H,10-11,16,18-19H2,1H3,(H,35,39)(H,37,38). The second-order valence-corrected chi connectivity index (χ2v) is 11.2. The van der Waals surface area contributed by atoms with E-state index in [-0.39, 0.29) is 30.8 Å². The third-order valence-electron chi connectivity index (χ3n) is 7.39. The number of likely N-dealkylation sites (tertiary alicyclic amines) is 1. The number of benzene rings is 4. The molecule has 0 bridgehead atoms. The second-order valence-electron chi connectivity index (χ2n) is 10.3. The van der Waals surface area contributed by atoms with E-state index >= 15 is 0 Å². The van der Waals surface area contributed by atoms with Crippen LogP contribution in [0.3, 0.4) is 0 Å². The summed E-state index contributed by atoms with van der Waals surface area (Å²) in [4.78, 5) is 25.6. The fraction of sp³-hybridized carbons (Fsp3) is 0.250. The van der Waals surface area contributed by atoms with Crippen molar-refractivity contribution in [3.63, 3.8) is 0 Å². The quantitative estimate of drug-likeness (QED) is 0.235. The third kappa shape index (κ3) is 6.62. The average molecular weight is 562 g/mol. The summed E-state index contributed by atoms with van der Waals surface area (Å²) in [6.45, 7) is 3.79. The van der Waals surface area contributed by atoms with Crippen molar-refractivity contribution < 1.29 is 14.7 Å². The first kappa shape index (κ1) is 27.2. The van der Waals surface area contributed by atoms with Crippen molar-refractivity contribution in [2.24, 2.45) is 0 Å². The molecule has 0 radical (unpaired) electrons. The molecule has 1 saturated heterocycles. The fourth-order valence-electron chi connectivity index (χ4n) is 5.45. The largest absolute Gasteiger partial charge is 0.481 e. The molecule has 200 valence electrons. The minimum absolute atomic E-state index is 0.103. The molecule has 1 aliphatic rings. The number of rotatable bonds is 8. The predicted molar refractivity (Wildman–Crippen MR) is 157 cm³/mol. The van der Waals surface area contributed by atoms with Gasteiger partial charge in [0, 0.05) is 41.3 Å². The molecule has 1 aliphatic heterocycles. The average Bonchev–Trinajstić information content (AvgIpc) is 3.32. The number of halogens is 2. The van der Waals surface area contributed by atoms with Gasteiger partial charge in [0.2, 0.25) is 0 Å². The minimum Gasteiger partial charge on any atom is -0.481 e. The topological polar surface area (TPSA) is 69.6 Å². The number of fused-ring (bicyclic) bond motifs is 1. The molecular weight excluding hydrogens is 531 g/mol. The predicted octanol–water partition coefficient (Wildman–Crippen LogP) is 7.39. The van der Waals surface area contributed by atoms with Crippen molar-refractivity contribution in [2.75, 3.05) is 13.1 Å². The van der Waals surface area contributed by atoms with Crippen LogP contribution in [0.2, 0.25) is 10.0 Å². The highest BCUT2D eigenvalue weighted by molar-refractivity contribution is 6.34. The Balaban J connectivity index is 1.39. The highest BCUT2D eigenvalue weighted by Crippen LogP contribution is 2.43. The smallest absolute Gasteiger partial charge is 0.305 e. The number of carbonyl (C=O) groups excluding carboxylic acids is 1. The van der Waals surface area contributed by atoms with Gasteiger partial charge in [0.25, 0.3) is 5.91 Å². The Hall–Kier alpha value is -3.38. The van der Waals surface area contributed by atoms with Crippen molar-refractivity contribution in [1.29, 1.82) is 0 Å². The van der Waals surface area contributed by atoms with E-state index in [4.69, 9.17) is 28.3 Å². The molecule has 5 nitrogen and oxygen atoms in total. The van der Waals surface area contributed by atoms with Gasteiger partial charge in [-0.2, -0.15) is 0 Å². The highest BCUT2D eigenvalue weighted by atomic mass is 35.5. The Morgan fingerprint density at radius 3 is 2.31 bits per heavy atom. The summed E-state index contributed by atoms with van der Waals surface area (Å²) < 4.78 is 0. The summed E-state index contributed by atoms with van der Waals surface area (Å²) in [6, 6.07) is 26.8. The summed E-state index contributed by atoms with van der Waals surface area (Å²) in [5, 5.41) is 15.2. The lowest BCUT2D eigenvalue weighted by Crippen LogP contribution is -2.26. The fourth-order valence-corrected chi connectivity index (χ4v) is 5.99. The van der Waals surface area contributed by atoms with Crippen molar-refractivity contribution in [3.05, 3.63) is 117 Å². The number of carboxylic acid groups (broad SMARTS) is 1. The summed E-state index contributed by atoms with van der Waals surface area (Å²) >= 11 is 12.7. The van der Waals surface area contributed by atoms with E-state index in [0.717, 1.165) is 30.6 Å². The van der Waals surface area contributed by atoms with Crippen LogP contribution in [0.1, 0.15) is 57.4 Å². The number of hydrogen-bond acceptors (Lipinski definition) is 3. The number of amides is 1. The van der Waals surface area contributed by atoms with Gasteiger partial charge in [-0.15, -0.1) is 0 Å². The van der Waals surface area contributed by atoms with Crippen molar-refractivity contribution in [3.8, 4) is 0 Å². The van der Waals surface area contributed by atoms with Crippen molar-refractivity contribution >= 4 is 45.9 Å². The summed E-state index contributed by atoms with van der Waals surface area (Å²) in [5.74, 6) is -0.934. The molecule has 0 spiro atoms. The van der Waals surface area contributed by atoms with Gasteiger partial charge in [-0.1, -0.05) is 71.2 Å². The van der Waals surface area contributed by atoms with E-state index in [1.165, 1.54) is 21.9 Å². The molecule has 2 atom stereocenters. The maximum atomic E-state index is 12.4. The van der Waals surface area contributed by atoms with Crippen LogP contribution in [-0.2, 0) is 11.3 Å². The number of carboxylic acids is 1. The Morgan fingerprint density at radius 2 is 1.59 bits per heavy atom. The molecule has 5 rings (SSSR count). The molecule has 4 aromatic carbocycles. The molecule has 7 heteroatoms. The molecule has 1 fully saturated rings. The number of carbonyl (C=O) groups is 2. The lowest BCUT2D eigenvalue weighted by Gasteiger charge is -2.25. The first-order valence-corrected chi connectivity index (χ1v) is 13.8. The highest BCUT2D eigenvalue weighted by Gasteiger charge is 2.34. The van der Waals surface area contributed by atoms with E-state index in [9.17, 15) is 9.59 Å². The second kappa shape index (κ2) is 11.8. The van der Waals surface area contributed by atoms with E-state index in [0.29, 0.717) is 15.6 Å². The maximum absolute atomic E-state index is 12.4. The summed E-state index contributed by atoms with van der Waals surface area (Å²) in [5.41, 5.74) is 5.28. The summed E-state index contributed by atoms with van der Waals surface area (Å²) in [6.07, 6.45) is 0.839. The maximum Gasteiger partial charge on any atom is 0.305 e. The number of nitrogens with zero attached hydrogens (tertiary/aromatic N) is 1. The van der Waals surface area contributed by atoms with E-state index in [1.54, 1.807) is 18.2 Å². The number of aryl methyl sites for hydroxylation is 1. The number of aliphatic carboxylic acids is 1. The monoisotopic (exact) mass is 560 g/mol. The normalized spacial score (nSPS) is 17.4. The van der Waals surface area contributed by atoms with Gasteiger partial charge in [0.05, 0.1) is 6.42 Å². The zero-order chi connectivity index (χ0) is 27.5. The van der Waals surface area contributed by atoms with Crippen LogP contribution in [0.25, 0.3) is 10.8 Å². The van der Waals surface area contributed by atoms with Crippen molar-refractivity contribution in [2.45, 2.75) is 38.3 Å². The molecule has 2 N–H and O–H groups in total. The van der Waals surface area contributed by atoms with Crippen LogP contribution in [0.5, 0.6) is 0 Å². The van der Waals surface area contributed by atoms with Crippen LogP contribution in [0.4, 0.5) is 0 Å². The SMILES string of the molecule is Cc1ccc2cc(C3CC(c4cc(Cl)cc(Cl)c4)CN3Cc3ccc(C(=O)NCCC(=O)O)cc3)ccc2c1. The van der Waals surface area contributed by atoms with Gasteiger partial charge in [0.1, 0.15) is 0 Å². The molecule has 0 aliphatic carbocycles. The number of nitrogens with one attached hydrogen (secondary N) is 1. The molecule has 1 amide bonds. The van der Waals surface area contributed by atoms with Gasteiger partial charge in [0.15, 0.2) is 0 Å². The zero-order valence-electron chi connectivity index (χ0n) is 21.7. The zero-order valence-corrected chi connectivity index (χ0v) is 23.2. The van der Waals surface area contributed by atoms with Gasteiger partial charge in [-0.3, -0.25) is 14.5 Å². The van der Waals surface area contributed by atoms with Crippen LogP contribution in [-0.4, -0.2) is 35.0 Å². The Morgan fingerprint density at radius 1 is 0.897 bits per heavy atom. The van der Waals surface area contributed by atoms with Crippen LogP contribution in [0.15, 0.2) is 78.9 Å². The van der Waals surface area contributed by atoms with Crippen LogP contribution < -0.4 is 5.32 Å². The molecule has 39 heavy (non-hydrogen) atoms. The molecule has 4 aromatic rings. The van der Waals surface area contributed by atoms with Crippen LogP contribution >= 0.6 is 23.2 Å². The summed E-state index contributed by atoms with van der Waals surface area (Å²) in [7, 11) is 0.